The van der Waals surface area contributed by atoms with Crippen LogP contribution in [0.1, 0.15) is 49.4 Å². The third-order valence-electron chi connectivity index (χ3n) is 3.98. The van der Waals surface area contributed by atoms with E-state index in [9.17, 15) is 4.79 Å². The first-order valence-corrected chi connectivity index (χ1v) is 8.91. The maximum Gasteiger partial charge on any atom is 0.255 e. The lowest BCUT2D eigenvalue weighted by Crippen LogP contribution is -2.11. The molecule has 0 spiro atoms. The molecule has 0 aliphatic carbocycles. The summed E-state index contributed by atoms with van der Waals surface area (Å²) in [6, 6.07) is 14.5. The minimum atomic E-state index is -0.146. The zero-order valence-corrected chi connectivity index (χ0v) is 15.1. The van der Waals surface area contributed by atoms with E-state index in [0.29, 0.717) is 5.56 Å². The maximum absolute atomic E-state index is 12.2. The summed E-state index contributed by atoms with van der Waals surface area (Å²) in [5.41, 5.74) is 1.34. The van der Waals surface area contributed by atoms with Crippen LogP contribution in [-0.2, 0) is 0 Å². The molecule has 0 saturated carbocycles. The molecule has 0 bridgehead atoms. The number of hydrogen-bond acceptors (Lipinski definition) is 3. The van der Waals surface area contributed by atoms with E-state index in [0.717, 1.165) is 30.2 Å². The number of hydrogen-bond donors (Lipinski definition) is 1. The van der Waals surface area contributed by atoms with Gasteiger partial charge in [0.25, 0.3) is 5.91 Å². The number of benzene rings is 2. The number of methoxy groups -OCH3 is 1. The van der Waals surface area contributed by atoms with E-state index < -0.39 is 0 Å². The van der Waals surface area contributed by atoms with Gasteiger partial charge in [0.15, 0.2) is 0 Å². The molecule has 1 amide bonds. The lowest BCUT2D eigenvalue weighted by molar-refractivity contribution is 0.102. The van der Waals surface area contributed by atoms with Crippen molar-refractivity contribution in [2.75, 3.05) is 19.0 Å². The number of ether oxygens (including phenoxy) is 2. The lowest BCUT2D eigenvalue weighted by Gasteiger charge is -2.09. The molecule has 4 nitrogen and oxygen atoms in total. The first-order chi connectivity index (χ1) is 12.2. The summed E-state index contributed by atoms with van der Waals surface area (Å²) in [6.07, 6.45) is 6.11. The summed E-state index contributed by atoms with van der Waals surface area (Å²) in [5, 5.41) is 2.88. The Kier molecular flexibility index (Phi) is 7.83. The molecule has 0 aliphatic heterocycles. The zero-order chi connectivity index (χ0) is 17.9. The van der Waals surface area contributed by atoms with Gasteiger partial charge in [-0.05, 0) is 55.0 Å². The van der Waals surface area contributed by atoms with Crippen LogP contribution in [0.4, 0.5) is 5.69 Å². The molecular weight excluding hydrogens is 314 g/mol. The first kappa shape index (κ1) is 18.8. The summed E-state index contributed by atoms with van der Waals surface area (Å²) >= 11 is 0. The van der Waals surface area contributed by atoms with Gasteiger partial charge in [-0.3, -0.25) is 4.79 Å². The summed E-state index contributed by atoms with van der Waals surface area (Å²) < 4.78 is 10.8. The Morgan fingerprint density at radius 2 is 1.52 bits per heavy atom. The van der Waals surface area contributed by atoms with Gasteiger partial charge >= 0.3 is 0 Å². The quantitative estimate of drug-likeness (QED) is 0.597. The Morgan fingerprint density at radius 1 is 0.880 bits per heavy atom. The van der Waals surface area contributed by atoms with Crippen LogP contribution in [0.3, 0.4) is 0 Å². The molecule has 0 unspecified atom stereocenters. The van der Waals surface area contributed by atoms with Crippen LogP contribution in [0, 0.1) is 0 Å². The zero-order valence-electron chi connectivity index (χ0n) is 15.1. The second-order valence-electron chi connectivity index (χ2n) is 5.97. The Labute approximate surface area is 150 Å². The maximum atomic E-state index is 12.2. The smallest absolute Gasteiger partial charge is 0.255 e. The van der Waals surface area contributed by atoms with Crippen molar-refractivity contribution in [3.05, 3.63) is 54.1 Å². The number of unbranched alkanes of at least 4 members (excludes halogenated alkanes) is 4. The van der Waals surface area contributed by atoms with Gasteiger partial charge in [-0.25, -0.2) is 0 Å². The molecule has 0 radical (unpaired) electrons. The summed E-state index contributed by atoms with van der Waals surface area (Å²) in [7, 11) is 1.60. The molecule has 0 saturated heterocycles. The number of carbonyl (C=O) groups excluding carboxylic acids is 1. The number of carbonyl (C=O) groups is 1. The third kappa shape index (κ3) is 6.49. The van der Waals surface area contributed by atoms with Gasteiger partial charge in [0, 0.05) is 11.3 Å². The normalized spacial score (nSPS) is 10.3. The summed E-state index contributed by atoms with van der Waals surface area (Å²) in [5.74, 6) is 1.41. The summed E-state index contributed by atoms with van der Waals surface area (Å²) in [4.78, 5) is 12.2. The Morgan fingerprint density at radius 3 is 2.16 bits per heavy atom. The van der Waals surface area contributed by atoms with E-state index in [2.05, 4.69) is 12.2 Å². The lowest BCUT2D eigenvalue weighted by atomic mass is 10.2. The van der Waals surface area contributed by atoms with Crippen LogP contribution in [0.15, 0.2) is 48.5 Å². The Bertz CT molecular complexity index is 635. The van der Waals surface area contributed by atoms with E-state index in [1.54, 1.807) is 31.4 Å². The van der Waals surface area contributed by atoms with Gasteiger partial charge in [-0.1, -0.05) is 32.6 Å². The monoisotopic (exact) mass is 341 g/mol. The van der Waals surface area contributed by atoms with Crippen LogP contribution in [0.25, 0.3) is 0 Å². The van der Waals surface area contributed by atoms with E-state index in [-0.39, 0.29) is 5.91 Å². The molecule has 0 aromatic heterocycles. The van der Waals surface area contributed by atoms with Crippen LogP contribution in [-0.4, -0.2) is 19.6 Å². The van der Waals surface area contributed by atoms with Crippen molar-refractivity contribution in [1.29, 1.82) is 0 Å². The highest BCUT2D eigenvalue weighted by molar-refractivity contribution is 6.04. The van der Waals surface area contributed by atoms with Crippen molar-refractivity contribution in [3.63, 3.8) is 0 Å². The summed E-state index contributed by atoms with van der Waals surface area (Å²) in [6.45, 7) is 2.95. The molecule has 134 valence electrons. The predicted octanol–water partition coefficient (Wildman–Crippen LogP) is 5.30. The van der Waals surface area contributed by atoms with Gasteiger partial charge in [0.2, 0.25) is 0 Å². The van der Waals surface area contributed by atoms with Gasteiger partial charge in [0.05, 0.1) is 13.7 Å². The van der Waals surface area contributed by atoms with Crippen LogP contribution >= 0.6 is 0 Å². The molecule has 0 fully saturated rings. The number of nitrogens with one attached hydrogen (secondary N) is 1. The molecule has 0 aliphatic rings. The fourth-order valence-corrected chi connectivity index (χ4v) is 2.48. The average molecular weight is 341 g/mol. The first-order valence-electron chi connectivity index (χ1n) is 8.91. The second kappa shape index (κ2) is 10.4. The molecule has 0 heterocycles. The Hall–Kier alpha value is -2.49. The molecule has 2 aromatic carbocycles. The highest BCUT2D eigenvalue weighted by Gasteiger charge is 2.06. The largest absolute Gasteiger partial charge is 0.497 e. The minimum Gasteiger partial charge on any atom is -0.497 e. The molecule has 2 aromatic rings. The van der Waals surface area contributed by atoms with Crippen molar-refractivity contribution in [2.45, 2.75) is 39.0 Å². The number of rotatable bonds is 10. The van der Waals surface area contributed by atoms with Crippen molar-refractivity contribution in [2.24, 2.45) is 0 Å². The molecule has 2 rings (SSSR count). The van der Waals surface area contributed by atoms with Gasteiger partial charge in [0.1, 0.15) is 11.5 Å². The molecule has 0 atom stereocenters. The SMILES string of the molecule is CCCCCCCOc1ccc(NC(=O)c2ccc(OC)cc2)cc1. The number of amides is 1. The molecule has 25 heavy (non-hydrogen) atoms. The number of anilines is 1. The van der Waals surface area contributed by atoms with Gasteiger partial charge in [-0.2, -0.15) is 0 Å². The van der Waals surface area contributed by atoms with Crippen LogP contribution in [0.2, 0.25) is 0 Å². The predicted molar refractivity (Wildman–Crippen MR) is 102 cm³/mol. The van der Waals surface area contributed by atoms with E-state index >= 15 is 0 Å². The van der Waals surface area contributed by atoms with Gasteiger partial charge < -0.3 is 14.8 Å². The van der Waals surface area contributed by atoms with E-state index in [4.69, 9.17) is 9.47 Å². The van der Waals surface area contributed by atoms with Crippen LogP contribution in [0.5, 0.6) is 11.5 Å². The van der Waals surface area contributed by atoms with Gasteiger partial charge in [-0.15, -0.1) is 0 Å². The van der Waals surface area contributed by atoms with Crippen molar-refractivity contribution >= 4 is 11.6 Å². The fourth-order valence-electron chi connectivity index (χ4n) is 2.48. The van der Waals surface area contributed by atoms with Crippen LogP contribution < -0.4 is 14.8 Å². The molecular formula is C21H27NO3. The Balaban J connectivity index is 1.78. The van der Waals surface area contributed by atoms with Crippen molar-refractivity contribution in [1.82, 2.24) is 0 Å². The van der Waals surface area contributed by atoms with E-state index in [1.807, 2.05) is 24.3 Å². The fraction of sp³-hybridized carbons (Fsp3) is 0.381. The standard InChI is InChI=1S/C21H27NO3/c1-3-4-5-6-7-16-25-20-14-10-18(11-15-20)22-21(23)17-8-12-19(24-2)13-9-17/h8-15H,3-7,16H2,1-2H3,(H,22,23). The average Bonchev–Trinajstić information content (AvgIpc) is 2.66. The third-order valence-corrected chi connectivity index (χ3v) is 3.98. The minimum absolute atomic E-state index is 0.146. The van der Waals surface area contributed by atoms with Crippen molar-refractivity contribution < 1.29 is 14.3 Å². The highest BCUT2D eigenvalue weighted by atomic mass is 16.5. The molecule has 1 N–H and O–H groups in total. The molecule has 4 heteroatoms. The van der Waals surface area contributed by atoms with E-state index in [1.165, 1.54) is 25.7 Å². The van der Waals surface area contributed by atoms with Crippen molar-refractivity contribution in [3.8, 4) is 11.5 Å². The second-order valence-corrected chi connectivity index (χ2v) is 5.97. The highest BCUT2D eigenvalue weighted by Crippen LogP contribution is 2.18. The topological polar surface area (TPSA) is 47.6 Å².